The minimum atomic E-state index is -0.551. The molecule has 0 aromatic heterocycles. The first-order chi connectivity index (χ1) is 12.5. The highest BCUT2D eigenvalue weighted by Crippen LogP contribution is 2.23. The van der Waals surface area contributed by atoms with E-state index in [0.717, 1.165) is 0 Å². The second-order valence-corrected chi connectivity index (χ2v) is 7.60. The number of carbonyl (C=O) groups is 2. The summed E-state index contributed by atoms with van der Waals surface area (Å²) < 4.78 is 15.6. The first-order valence-electron chi connectivity index (χ1n) is 8.25. The van der Waals surface area contributed by atoms with E-state index in [1.807, 2.05) is 20.8 Å². The normalized spacial score (nSPS) is 10.7. The molecule has 0 radical (unpaired) electrons. The molecule has 0 saturated carbocycles. The number of nitrogens with one attached hydrogen (secondary N) is 1. The summed E-state index contributed by atoms with van der Waals surface area (Å²) in [7, 11) is 2.92. The number of thiocarbonyl (C=S) groups is 1. The summed E-state index contributed by atoms with van der Waals surface area (Å²) in [5, 5.41) is 3.39. The van der Waals surface area contributed by atoms with Crippen LogP contribution in [0.1, 0.15) is 31.1 Å². The number of methoxy groups -OCH3 is 1. The van der Waals surface area contributed by atoms with Crippen molar-refractivity contribution < 1.29 is 23.8 Å². The summed E-state index contributed by atoms with van der Waals surface area (Å²) in [6.45, 7) is 6.33. The van der Waals surface area contributed by atoms with Crippen molar-refractivity contribution in [3.63, 3.8) is 0 Å². The lowest BCUT2D eigenvalue weighted by Gasteiger charge is -2.24. The Labute approximate surface area is 169 Å². The number of rotatable bonds is 7. The van der Waals surface area contributed by atoms with Crippen LogP contribution in [0, 0.1) is 0 Å². The van der Waals surface area contributed by atoms with Gasteiger partial charge in [0.25, 0.3) is 0 Å². The molecule has 7 nitrogen and oxygen atoms in total. The van der Waals surface area contributed by atoms with Crippen LogP contribution in [-0.2, 0) is 9.47 Å². The van der Waals surface area contributed by atoms with Crippen LogP contribution in [0.3, 0.4) is 0 Å². The van der Waals surface area contributed by atoms with Gasteiger partial charge in [0.15, 0.2) is 0 Å². The lowest BCUT2D eigenvalue weighted by Crippen LogP contribution is -2.39. The van der Waals surface area contributed by atoms with Gasteiger partial charge in [0.1, 0.15) is 28.5 Å². The average molecular weight is 417 g/mol. The number of amides is 1. The largest absolute Gasteiger partial charge is 0.486 e. The minimum Gasteiger partial charge on any atom is -0.486 e. The summed E-state index contributed by atoms with van der Waals surface area (Å²) in [4.78, 5) is 25.5. The molecule has 1 aromatic rings. The number of hydrogen-bond donors (Lipinski definition) is 1. The number of likely N-dealkylation sites (N-methyl/N-ethyl adjacent to an activating group) is 1. The molecule has 9 heteroatoms. The van der Waals surface area contributed by atoms with Crippen LogP contribution in [0.5, 0.6) is 5.75 Å². The Bertz CT molecular complexity index is 691. The molecule has 1 rings (SSSR count). The van der Waals surface area contributed by atoms with Crippen LogP contribution < -0.4 is 10.1 Å². The van der Waals surface area contributed by atoms with Gasteiger partial charge >= 0.3 is 12.1 Å². The van der Waals surface area contributed by atoms with E-state index in [9.17, 15) is 9.59 Å². The predicted octanol–water partition coefficient (Wildman–Crippen LogP) is 3.29. The Morgan fingerprint density at radius 3 is 2.56 bits per heavy atom. The molecular weight excluding hydrogens is 392 g/mol. The van der Waals surface area contributed by atoms with Gasteiger partial charge in [0.05, 0.1) is 7.11 Å². The van der Waals surface area contributed by atoms with Gasteiger partial charge in [0.2, 0.25) is 0 Å². The fraction of sp³-hybridized carbons (Fsp3) is 0.500. The Morgan fingerprint density at radius 1 is 1.30 bits per heavy atom. The third kappa shape index (κ3) is 8.45. The molecule has 1 N–H and O–H groups in total. The van der Waals surface area contributed by atoms with Crippen LogP contribution in [-0.4, -0.2) is 61.4 Å². The average Bonchev–Trinajstić information content (AvgIpc) is 2.58. The maximum absolute atomic E-state index is 11.9. The van der Waals surface area contributed by atoms with Crippen LogP contribution in [0.15, 0.2) is 18.2 Å². The third-order valence-corrected chi connectivity index (χ3v) is 3.68. The van der Waals surface area contributed by atoms with Crippen LogP contribution in [0.4, 0.5) is 4.79 Å². The fourth-order valence-corrected chi connectivity index (χ4v) is 2.22. The van der Waals surface area contributed by atoms with E-state index in [4.69, 9.17) is 38.0 Å². The lowest BCUT2D eigenvalue weighted by molar-refractivity contribution is 0.0302. The van der Waals surface area contributed by atoms with Crippen molar-refractivity contribution in [2.45, 2.75) is 26.4 Å². The van der Waals surface area contributed by atoms with Gasteiger partial charge in [-0.3, -0.25) is 0 Å². The molecule has 0 unspecified atom stereocenters. The lowest BCUT2D eigenvalue weighted by atomic mass is 10.2. The van der Waals surface area contributed by atoms with Crippen molar-refractivity contribution in [3.05, 3.63) is 28.8 Å². The second kappa shape index (κ2) is 10.3. The Kier molecular flexibility index (Phi) is 8.78. The highest BCUT2D eigenvalue weighted by molar-refractivity contribution is 7.80. The molecule has 0 spiro atoms. The Hall–Kier alpha value is -2.06. The maximum Gasteiger partial charge on any atom is 0.410 e. The molecule has 1 aromatic carbocycles. The summed E-state index contributed by atoms with van der Waals surface area (Å²) in [6.07, 6.45) is -0.407. The third-order valence-electron chi connectivity index (χ3n) is 3.18. The smallest absolute Gasteiger partial charge is 0.410 e. The molecular formula is C18H25ClN2O5S. The molecule has 0 aliphatic rings. The first-order valence-corrected chi connectivity index (χ1v) is 9.03. The standard InChI is InChI=1S/C18H25ClN2O5S/c1-18(2,3)26-17(23)21(4)9-8-20-15(27)11-25-14-7-6-12(19)10-13(14)16(22)24-5/h6-7,10H,8-9,11H2,1-5H3,(H,20,27). The molecule has 0 heterocycles. The fourth-order valence-electron chi connectivity index (χ4n) is 1.89. The number of benzene rings is 1. The quantitative estimate of drug-likeness (QED) is 0.539. The number of ether oxygens (including phenoxy) is 3. The monoisotopic (exact) mass is 416 g/mol. The van der Waals surface area contributed by atoms with E-state index < -0.39 is 17.7 Å². The van der Waals surface area contributed by atoms with Crippen molar-refractivity contribution in [2.75, 3.05) is 33.9 Å². The molecule has 0 saturated heterocycles. The van der Waals surface area contributed by atoms with E-state index in [1.165, 1.54) is 18.1 Å². The first kappa shape index (κ1) is 23.0. The van der Waals surface area contributed by atoms with Gasteiger partial charge in [-0.15, -0.1) is 0 Å². The summed E-state index contributed by atoms with van der Waals surface area (Å²) in [5.74, 6) is -0.230. The van der Waals surface area contributed by atoms with Gasteiger partial charge in [-0.05, 0) is 39.0 Å². The van der Waals surface area contributed by atoms with Crippen LogP contribution >= 0.6 is 23.8 Å². The molecule has 27 heavy (non-hydrogen) atoms. The van der Waals surface area contributed by atoms with E-state index in [2.05, 4.69) is 5.32 Å². The molecule has 0 fully saturated rings. The van der Waals surface area contributed by atoms with Crippen molar-refractivity contribution >= 4 is 40.9 Å². The summed E-state index contributed by atoms with van der Waals surface area (Å²) in [6, 6.07) is 4.65. The van der Waals surface area contributed by atoms with Gasteiger partial charge in [-0.25, -0.2) is 9.59 Å². The van der Waals surface area contributed by atoms with Crippen molar-refractivity contribution in [1.82, 2.24) is 10.2 Å². The molecule has 0 atom stereocenters. The van der Waals surface area contributed by atoms with E-state index in [-0.39, 0.29) is 12.2 Å². The summed E-state index contributed by atoms with van der Waals surface area (Å²) in [5.41, 5.74) is -0.324. The van der Waals surface area contributed by atoms with Gasteiger partial charge in [-0.1, -0.05) is 23.8 Å². The van der Waals surface area contributed by atoms with Crippen molar-refractivity contribution in [2.24, 2.45) is 0 Å². The van der Waals surface area contributed by atoms with Crippen LogP contribution in [0.25, 0.3) is 0 Å². The van der Waals surface area contributed by atoms with Crippen molar-refractivity contribution in [1.29, 1.82) is 0 Å². The zero-order chi connectivity index (χ0) is 20.6. The zero-order valence-corrected chi connectivity index (χ0v) is 17.7. The number of esters is 1. The van der Waals surface area contributed by atoms with Crippen molar-refractivity contribution in [3.8, 4) is 5.75 Å². The Balaban J connectivity index is 2.46. The van der Waals surface area contributed by atoms with Crippen LogP contribution in [0.2, 0.25) is 5.02 Å². The van der Waals surface area contributed by atoms with E-state index >= 15 is 0 Å². The molecule has 0 aliphatic heterocycles. The minimum absolute atomic E-state index is 0.0666. The van der Waals surface area contributed by atoms with E-state index in [0.29, 0.717) is 28.9 Å². The topological polar surface area (TPSA) is 77.1 Å². The van der Waals surface area contributed by atoms with Gasteiger partial charge in [-0.2, -0.15) is 0 Å². The second-order valence-electron chi connectivity index (χ2n) is 6.67. The number of halogens is 1. The Morgan fingerprint density at radius 2 is 1.96 bits per heavy atom. The highest BCUT2D eigenvalue weighted by Gasteiger charge is 2.19. The highest BCUT2D eigenvalue weighted by atomic mass is 35.5. The SMILES string of the molecule is COC(=O)c1cc(Cl)ccc1OCC(=S)NCCN(C)C(=O)OC(C)(C)C. The molecule has 150 valence electrons. The number of hydrogen-bond acceptors (Lipinski definition) is 6. The zero-order valence-electron chi connectivity index (χ0n) is 16.1. The van der Waals surface area contributed by atoms with E-state index in [1.54, 1.807) is 19.2 Å². The number of nitrogens with zero attached hydrogens (tertiary/aromatic N) is 1. The predicted molar refractivity (Wildman–Crippen MR) is 108 cm³/mol. The maximum atomic E-state index is 11.9. The van der Waals surface area contributed by atoms with Gasteiger partial charge in [0, 0.05) is 25.2 Å². The number of carbonyl (C=O) groups excluding carboxylic acids is 2. The van der Waals surface area contributed by atoms with Gasteiger partial charge < -0.3 is 24.4 Å². The molecule has 1 amide bonds. The summed E-state index contributed by atoms with van der Waals surface area (Å²) >= 11 is 11.1. The molecule has 0 bridgehead atoms. The molecule has 0 aliphatic carbocycles.